The molecule has 0 aliphatic carbocycles. The Kier molecular flexibility index (Phi) is 5.84. The molecule has 0 atom stereocenters. The maximum absolute atomic E-state index is 4.80. The average molecular weight is 361 g/mol. The van der Waals surface area contributed by atoms with Gasteiger partial charge in [0.25, 0.3) is 0 Å². The third-order valence-corrected chi connectivity index (χ3v) is 5.38. The highest BCUT2D eigenvalue weighted by molar-refractivity contribution is 5.95. The molecule has 0 radical (unpaired) electrons. The van der Waals surface area contributed by atoms with Crippen molar-refractivity contribution in [2.45, 2.75) is 54.4 Å². The molecule has 0 bridgehead atoms. The molecule has 1 heterocycles. The predicted molar refractivity (Wildman–Crippen MR) is 119 cm³/mol. The van der Waals surface area contributed by atoms with Gasteiger partial charge in [0.1, 0.15) is 0 Å². The van der Waals surface area contributed by atoms with Gasteiger partial charge < -0.3 is 4.90 Å². The fraction of sp³-hybridized carbons (Fsp3) is 0.400. The second-order valence-corrected chi connectivity index (χ2v) is 7.72. The Morgan fingerprint density at radius 3 is 2.22 bits per heavy atom. The number of pyridine rings is 1. The van der Waals surface area contributed by atoms with E-state index in [1.807, 2.05) is 0 Å². The first-order valence-corrected chi connectivity index (χ1v) is 10.2. The molecular weight excluding hydrogens is 328 g/mol. The summed E-state index contributed by atoms with van der Waals surface area (Å²) in [6.45, 7) is 15.3. The van der Waals surface area contributed by atoms with Crippen LogP contribution in [-0.4, -0.2) is 18.1 Å². The minimum absolute atomic E-state index is 1.02. The third kappa shape index (κ3) is 4.00. The Bertz CT molecular complexity index is 933. The maximum atomic E-state index is 4.80. The molecule has 27 heavy (non-hydrogen) atoms. The van der Waals surface area contributed by atoms with E-state index in [0.29, 0.717) is 0 Å². The third-order valence-electron chi connectivity index (χ3n) is 5.38. The molecule has 0 saturated heterocycles. The van der Waals surface area contributed by atoms with Gasteiger partial charge in [0, 0.05) is 29.9 Å². The van der Waals surface area contributed by atoms with E-state index < -0.39 is 0 Å². The number of unbranched alkanes of at least 4 members (excludes halogenated alkanes) is 1. The summed E-state index contributed by atoms with van der Waals surface area (Å²) in [4.78, 5) is 7.30. The molecule has 3 rings (SSSR count). The van der Waals surface area contributed by atoms with Crippen molar-refractivity contribution in [3.63, 3.8) is 0 Å². The Morgan fingerprint density at radius 2 is 1.59 bits per heavy atom. The summed E-state index contributed by atoms with van der Waals surface area (Å²) in [5, 5.41) is 1.26. The molecule has 0 unspecified atom stereocenters. The Balaban J connectivity index is 2.19. The van der Waals surface area contributed by atoms with Crippen molar-refractivity contribution in [1.29, 1.82) is 0 Å². The number of hydrogen-bond donors (Lipinski definition) is 0. The molecule has 0 fully saturated rings. The monoisotopic (exact) mass is 360 g/mol. The number of hydrogen-bond acceptors (Lipinski definition) is 2. The predicted octanol–water partition coefficient (Wildman–Crippen LogP) is 6.76. The first-order valence-electron chi connectivity index (χ1n) is 10.2. The van der Waals surface area contributed by atoms with Crippen molar-refractivity contribution in [2.24, 2.45) is 0 Å². The minimum Gasteiger partial charge on any atom is -0.371 e. The van der Waals surface area contributed by atoms with Gasteiger partial charge in [0.15, 0.2) is 0 Å². The molecular formula is C25H32N2. The van der Waals surface area contributed by atoms with Crippen LogP contribution in [0, 0.1) is 27.7 Å². The summed E-state index contributed by atoms with van der Waals surface area (Å²) in [5.74, 6) is 0. The normalized spacial score (nSPS) is 11.2. The molecule has 2 aromatic carbocycles. The smallest absolute Gasteiger partial charge is 0.0726 e. The van der Waals surface area contributed by atoms with Crippen LogP contribution in [0.3, 0.4) is 0 Å². The van der Waals surface area contributed by atoms with Crippen LogP contribution in [0.5, 0.6) is 0 Å². The van der Waals surface area contributed by atoms with Crippen molar-refractivity contribution < 1.29 is 0 Å². The SMILES string of the molecule is CCCCN(CC)c1cc(C)nc2ccc(-c3c(C)cc(C)cc3C)cc12. The van der Waals surface area contributed by atoms with Crippen molar-refractivity contribution in [3.05, 3.63) is 58.8 Å². The van der Waals surface area contributed by atoms with Gasteiger partial charge in [-0.25, -0.2) is 0 Å². The number of benzene rings is 2. The lowest BCUT2D eigenvalue weighted by Crippen LogP contribution is -2.24. The zero-order valence-corrected chi connectivity index (χ0v) is 17.7. The molecule has 142 valence electrons. The largest absolute Gasteiger partial charge is 0.371 e. The second kappa shape index (κ2) is 8.12. The molecule has 3 aromatic rings. The van der Waals surface area contributed by atoms with E-state index in [4.69, 9.17) is 4.98 Å². The van der Waals surface area contributed by atoms with Crippen LogP contribution in [0.2, 0.25) is 0 Å². The summed E-state index contributed by atoms with van der Waals surface area (Å²) in [5.41, 5.74) is 10.1. The fourth-order valence-corrected chi connectivity index (χ4v) is 4.19. The van der Waals surface area contributed by atoms with Crippen molar-refractivity contribution >= 4 is 16.6 Å². The van der Waals surface area contributed by atoms with Crippen LogP contribution < -0.4 is 4.90 Å². The van der Waals surface area contributed by atoms with Crippen molar-refractivity contribution in [2.75, 3.05) is 18.0 Å². The number of nitrogens with zero attached hydrogens (tertiary/aromatic N) is 2. The van der Waals surface area contributed by atoms with Crippen LogP contribution >= 0.6 is 0 Å². The van der Waals surface area contributed by atoms with Crippen LogP contribution in [-0.2, 0) is 0 Å². The minimum atomic E-state index is 1.02. The van der Waals surface area contributed by atoms with Crippen LogP contribution in [0.4, 0.5) is 5.69 Å². The van der Waals surface area contributed by atoms with E-state index in [9.17, 15) is 0 Å². The summed E-state index contributed by atoms with van der Waals surface area (Å²) in [6.07, 6.45) is 2.43. The molecule has 0 aliphatic heterocycles. The summed E-state index contributed by atoms with van der Waals surface area (Å²) >= 11 is 0. The quantitative estimate of drug-likeness (QED) is 0.482. The molecule has 0 saturated carbocycles. The van der Waals surface area contributed by atoms with E-state index >= 15 is 0 Å². The van der Waals surface area contributed by atoms with Gasteiger partial charge in [-0.05, 0) is 81.5 Å². The lowest BCUT2D eigenvalue weighted by Gasteiger charge is -2.25. The molecule has 1 aromatic heterocycles. The molecule has 0 aliphatic rings. The van der Waals surface area contributed by atoms with Crippen LogP contribution in [0.1, 0.15) is 49.1 Å². The Labute approximate surface area is 164 Å². The second-order valence-electron chi connectivity index (χ2n) is 7.72. The van der Waals surface area contributed by atoms with Crippen molar-refractivity contribution in [3.8, 4) is 11.1 Å². The average Bonchev–Trinajstić information content (AvgIpc) is 2.61. The first-order chi connectivity index (χ1) is 12.9. The van der Waals surface area contributed by atoms with Gasteiger partial charge in [-0.3, -0.25) is 4.98 Å². The van der Waals surface area contributed by atoms with Crippen molar-refractivity contribution in [1.82, 2.24) is 4.98 Å². The number of anilines is 1. The Morgan fingerprint density at radius 1 is 0.889 bits per heavy atom. The van der Waals surface area contributed by atoms with Crippen LogP contribution in [0.25, 0.3) is 22.0 Å². The van der Waals surface area contributed by atoms with E-state index in [2.05, 4.69) is 82.8 Å². The summed E-state index contributed by atoms with van der Waals surface area (Å²) < 4.78 is 0. The zero-order chi connectivity index (χ0) is 19.6. The van der Waals surface area contributed by atoms with E-state index in [0.717, 1.165) is 24.3 Å². The number of aromatic nitrogens is 1. The first kappa shape index (κ1) is 19.4. The molecule has 0 spiro atoms. The lowest BCUT2D eigenvalue weighted by atomic mass is 9.92. The lowest BCUT2D eigenvalue weighted by molar-refractivity contribution is 0.733. The van der Waals surface area contributed by atoms with Gasteiger partial charge in [0.05, 0.1) is 5.52 Å². The summed E-state index contributed by atoms with van der Waals surface area (Å²) in [7, 11) is 0. The topological polar surface area (TPSA) is 16.1 Å². The molecule has 2 heteroatoms. The fourth-order valence-electron chi connectivity index (χ4n) is 4.19. The number of aryl methyl sites for hydroxylation is 4. The summed E-state index contributed by atoms with van der Waals surface area (Å²) in [6, 6.07) is 13.6. The van der Waals surface area contributed by atoms with E-state index in [-0.39, 0.29) is 0 Å². The standard InChI is InChI=1S/C25H32N2/c1-7-9-12-27(8-2)24-15-20(6)26-23-11-10-21(16-22(23)24)25-18(4)13-17(3)14-19(25)5/h10-11,13-16H,7-9,12H2,1-6H3. The maximum Gasteiger partial charge on any atom is 0.0726 e. The van der Waals surface area contributed by atoms with E-state index in [1.165, 1.54) is 51.7 Å². The highest BCUT2D eigenvalue weighted by Crippen LogP contribution is 2.34. The van der Waals surface area contributed by atoms with Gasteiger partial charge in [-0.15, -0.1) is 0 Å². The molecule has 0 amide bonds. The Hall–Kier alpha value is -2.35. The van der Waals surface area contributed by atoms with E-state index in [1.54, 1.807) is 0 Å². The zero-order valence-electron chi connectivity index (χ0n) is 17.7. The van der Waals surface area contributed by atoms with Gasteiger partial charge in [0.2, 0.25) is 0 Å². The number of fused-ring (bicyclic) bond motifs is 1. The van der Waals surface area contributed by atoms with Crippen LogP contribution in [0.15, 0.2) is 36.4 Å². The highest BCUT2D eigenvalue weighted by Gasteiger charge is 2.13. The van der Waals surface area contributed by atoms with Gasteiger partial charge in [-0.2, -0.15) is 0 Å². The number of rotatable bonds is 6. The molecule has 0 N–H and O–H groups in total. The molecule has 2 nitrogen and oxygen atoms in total. The van der Waals surface area contributed by atoms with Gasteiger partial charge >= 0.3 is 0 Å². The van der Waals surface area contributed by atoms with Gasteiger partial charge in [-0.1, -0.05) is 37.1 Å². The highest BCUT2D eigenvalue weighted by atomic mass is 15.1.